The summed E-state index contributed by atoms with van der Waals surface area (Å²) in [5, 5.41) is 9.25. The van der Waals surface area contributed by atoms with Crippen LogP contribution in [0.3, 0.4) is 0 Å². The summed E-state index contributed by atoms with van der Waals surface area (Å²) in [6.45, 7) is 3.31. The van der Waals surface area contributed by atoms with Gasteiger partial charge in [-0.15, -0.1) is 0 Å². The van der Waals surface area contributed by atoms with Crippen LogP contribution in [0, 0.1) is 0 Å². The molecule has 0 saturated carbocycles. The van der Waals surface area contributed by atoms with Crippen LogP contribution in [-0.2, 0) is 4.79 Å². The molecule has 1 unspecified atom stereocenters. The predicted molar refractivity (Wildman–Crippen MR) is 79.1 cm³/mol. The highest BCUT2D eigenvalue weighted by Gasteiger charge is 2.24. The van der Waals surface area contributed by atoms with Crippen LogP contribution in [0.15, 0.2) is 18.2 Å². The largest absolute Gasteiger partial charge is 0.384 e. The molecule has 1 aliphatic rings. The number of benzene rings is 1. The van der Waals surface area contributed by atoms with Gasteiger partial charge in [0.05, 0.1) is 11.6 Å². The van der Waals surface area contributed by atoms with Crippen LogP contribution in [-0.4, -0.2) is 30.9 Å². The highest BCUT2D eigenvalue weighted by molar-refractivity contribution is 6.31. The second-order valence-corrected chi connectivity index (χ2v) is 5.23. The second-order valence-electron chi connectivity index (χ2n) is 4.80. The maximum Gasteiger partial charge on any atom is 0.253 e. The maximum absolute atomic E-state index is 12.3. The normalized spacial score (nSPS) is 17.7. The van der Waals surface area contributed by atoms with Gasteiger partial charge in [0.15, 0.2) is 0 Å². The van der Waals surface area contributed by atoms with Crippen molar-refractivity contribution < 1.29 is 9.59 Å². The average molecular weight is 296 g/mol. The predicted octanol–water partition coefficient (Wildman–Crippen LogP) is 1.78. The SMILES string of the molecule is CCCNc1ccc(Cl)cc1C(=O)NC1CNC(=O)C1. The Balaban J connectivity index is 2.10. The minimum atomic E-state index is -0.215. The van der Waals surface area contributed by atoms with Gasteiger partial charge in [0.25, 0.3) is 5.91 Å². The topological polar surface area (TPSA) is 70.2 Å². The molecule has 1 fully saturated rings. The van der Waals surface area contributed by atoms with Crippen LogP contribution in [0.1, 0.15) is 30.1 Å². The highest BCUT2D eigenvalue weighted by atomic mass is 35.5. The fourth-order valence-electron chi connectivity index (χ4n) is 2.09. The minimum Gasteiger partial charge on any atom is -0.384 e. The molecule has 5 nitrogen and oxygen atoms in total. The molecule has 0 radical (unpaired) electrons. The number of carbonyl (C=O) groups is 2. The van der Waals surface area contributed by atoms with E-state index in [-0.39, 0.29) is 17.9 Å². The highest BCUT2D eigenvalue weighted by Crippen LogP contribution is 2.21. The summed E-state index contributed by atoms with van der Waals surface area (Å²) >= 11 is 5.96. The Morgan fingerprint density at radius 1 is 1.50 bits per heavy atom. The fourth-order valence-corrected chi connectivity index (χ4v) is 2.26. The molecule has 0 spiro atoms. The van der Waals surface area contributed by atoms with Crippen molar-refractivity contribution in [3.05, 3.63) is 28.8 Å². The van der Waals surface area contributed by atoms with Gasteiger partial charge in [-0.1, -0.05) is 18.5 Å². The molecule has 0 aliphatic carbocycles. The van der Waals surface area contributed by atoms with E-state index in [1.54, 1.807) is 18.2 Å². The van der Waals surface area contributed by atoms with Crippen molar-refractivity contribution in [2.45, 2.75) is 25.8 Å². The van der Waals surface area contributed by atoms with Crippen molar-refractivity contribution >= 4 is 29.1 Å². The third kappa shape index (κ3) is 3.63. The van der Waals surface area contributed by atoms with Crippen LogP contribution in [0.5, 0.6) is 0 Å². The third-order valence-corrected chi connectivity index (χ3v) is 3.34. The Kier molecular flexibility index (Phi) is 4.84. The van der Waals surface area contributed by atoms with Crippen molar-refractivity contribution in [2.75, 3.05) is 18.4 Å². The minimum absolute atomic E-state index is 0.0364. The number of amides is 2. The quantitative estimate of drug-likeness (QED) is 0.775. The molecule has 108 valence electrons. The van der Waals surface area contributed by atoms with Gasteiger partial charge in [-0.25, -0.2) is 0 Å². The molecule has 1 aliphatic heterocycles. The van der Waals surface area contributed by atoms with Crippen LogP contribution in [0.25, 0.3) is 0 Å². The van der Waals surface area contributed by atoms with E-state index in [1.807, 2.05) is 0 Å². The summed E-state index contributed by atoms with van der Waals surface area (Å²) in [7, 11) is 0. The first-order chi connectivity index (χ1) is 9.60. The molecule has 1 aromatic carbocycles. The third-order valence-electron chi connectivity index (χ3n) is 3.10. The van der Waals surface area contributed by atoms with Crippen LogP contribution < -0.4 is 16.0 Å². The zero-order valence-electron chi connectivity index (χ0n) is 11.3. The van der Waals surface area contributed by atoms with Crippen molar-refractivity contribution in [1.29, 1.82) is 0 Å². The lowest BCUT2D eigenvalue weighted by molar-refractivity contribution is -0.119. The van der Waals surface area contributed by atoms with Crippen molar-refractivity contribution in [2.24, 2.45) is 0 Å². The summed E-state index contributed by atoms with van der Waals surface area (Å²) in [4.78, 5) is 23.4. The lowest BCUT2D eigenvalue weighted by Crippen LogP contribution is -2.36. The van der Waals surface area contributed by atoms with Crippen molar-refractivity contribution in [1.82, 2.24) is 10.6 Å². The molecule has 0 aromatic heterocycles. The van der Waals surface area contributed by atoms with Crippen LogP contribution in [0.2, 0.25) is 5.02 Å². The summed E-state index contributed by atoms with van der Waals surface area (Å²) in [6, 6.07) is 5.02. The van der Waals surface area contributed by atoms with Gasteiger partial charge >= 0.3 is 0 Å². The van der Waals surface area contributed by atoms with Gasteiger partial charge in [-0.05, 0) is 24.6 Å². The van der Waals surface area contributed by atoms with E-state index in [0.717, 1.165) is 18.7 Å². The first-order valence-electron chi connectivity index (χ1n) is 6.71. The van der Waals surface area contributed by atoms with E-state index in [4.69, 9.17) is 11.6 Å². The fraction of sp³-hybridized carbons (Fsp3) is 0.429. The molecule has 2 amide bonds. The standard InChI is InChI=1S/C14H18ClN3O2/c1-2-5-16-12-4-3-9(15)6-11(12)14(20)18-10-7-13(19)17-8-10/h3-4,6,10,16H,2,5,7-8H2,1H3,(H,17,19)(H,18,20). The van der Waals surface area contributed by atoms with Gasteiger partial charge < -0.3 is 16.0 Å². The van der Waals surface area contributed by atoms with Crippen molar-refractivity contribution in [3.8, 4) is 0 Å². The Hall–Kier alpha value is -1.75. The lowest BCUT2D eigenvalue weighted by Gasteiger charge is -2.14. The number of nitrogens with one attached hydrogen (secondary N) is 3. The molecule has 1 atom stereocenters. The van der Waals surface area contributed by atoms with Crippen LogP contribution in [0.4, 0.5) is 5.69 Å². The van der Waals surface area contributed by atoms with E-state index in [2.05, 4.69) is 22.9 Å². The number of halogens is 1. The van der Waals surface area contributed by atoms with E-state index in [9.17, 15) is 9.59 Å². The van der Waals surface area contributed by atoms with Gasteiger partial charge in [0.2, 0.25) is 5.91 Å². The smallest absolute Gasteiger partial charge is 0.253 e. The number of rotatable bonds is 5. The average Bonchev–Trinajstić information content (AvgIpc) is 2.82. The second kappa shape index (κ2) is 6.61. The summed E-state index contributed by atoms with van der Waals surface area (Å²) in [6.07, 6.45) is 1.29. The molecule has 3 N–H and O–H groups in total. The van der Waals surface area contributed by atoms with Crippen LogP contribution >= 0.6 is 11.6 Å². The molecule has 6 heteroatoms. The van der Waals surface area contributed by atoms with Gasteiger partial charge in [-0.2, -0.15) is 0 Å². The van der Waals surface area contributed by atoms with E-state index >= 15 is 0 Å². The first kappa shape index (κ1) is 14.7. The molecule has 2 rings (SSSR count). The maximum atomic E-state index is 12.3. The Morgan fingerprint density at radius 3 is 2.95 bits per heavy atom. The van der Waals surface area contributed by atoms with E-state index < -0.39 is 0 Å². The molecular weight excluding hydrogens is 278 g/mol. The van der Waals surface area contributed by atoms with Gasteiger partial charge in [-0.3, -0.25) is 9.59 Å². The Bertz CT molecular complexity index is 519. The molecular formula is C14H18ClN3O2. The summed E-state index contributed by atoms with van der Waals surface area (Å²) < 4.78 is 0. The Labute approximate surface area is 123 Å². The molecule has 1 aromatic rings. The molecule has 1 saturated heterocycles. The zero-order chi connectivity index (χ0) is 14.5. The summed E-state index contributed by atoms with van der Waals surface area (Å²) in [5.74, 6) is -0.252. The first-order valence-corrected chi connectivity index (χ1v) is 7.09. The van der Waals surface area contributed by atoms with Crippen molar-refractivity contribution in [3.63, 3.8) is 0 Å². The number of hydrogen-bond acceptors (Lipinski definition) is 3. The number of anilines is 1. The van der Waals surface area contributed by atoms with E-state index in [1.165, 1.54) is 0 Å². The number of carbonyl (C=O) groups excluding carboxylic acids is 2. The molecule has 1 heterocycles. The summed E-state index contributed by atoms with van der Waals surface area (Å²) in [5.41, 5.74) is 1.26. The van der Waals surface area contributed by atoms with E-state index in [0.29, 0.717) is 23.6 Å². The molecule has 0 bridgehead atoms. The number of hydrogen-bond donors (Lipinski definition) is 3. The van der Waals surface area contributed by atoms with Gasteiger partial charge in [0.1, 0.15) is 0 Å². The Morgan fingerprint density at radius 2 is 2.30 bits per heavy atom. The molecule has 20 heavy (non-hydrogen) atoms. The monoisotopic (exact) mass is 295 g/mol. The van der Waals surface area contributed by atoms with Gasteiger partial charge in [0, 0.05) is 30.2 Å². The zero-order valence-corrected chi connectivity index (χ0v) is 12.1. The lowest BCUT2D eigenvalue weighted by atomic mass is 10.1.